The van der Waals surface area contributed by atoms with E-state index in [2.05, 4.69) is 65.4 Å². The summed E-state index contributed by atoms with van der Waals surface area (Å²) in [6.45, 7) is 4.55. The lowest BCUT2D eigenvalue weighted by Crippen LogP contribution is -2.40. The zero-order chi connectivity index (χ0) is 19.8. The van der Waals surface area contributed by atoms with Gasteiger partial charge in [-0.3, -0.25) is 13.4 Å². The molecule has 1 aliphatic rings. The van der Waals surface area contributed by atoms with Crippen molar-refractivity contribution in [1.29, 1.82) is 0 Å². The molecule has 0 atom stereocenters. The number of benzene rings is 3. The van der Waals surface area contributed by atoms with E-state index in [9.17, 15) is 9.11 Å². The molecule has 4 rings (SSSR count). The first-order chi connectivity index (χ1) is 13.4. The van der Waals surface area contributed by atoms with E-state index in [0.29, 0.717) is 6.54 Å². The van der Waals surface area contributed by atoms with Gasteiger partial charge < -0.3 is 0 Å². The number of anilines is 1. The van der Waals surface area contributed by atoms with Crippen LogP contribution in [0.3, 0.4) is 0 Å². The Labute approximate surface area is 169 Å². The third-order valence-corrected chi connectivity index (χ3v) is 9.06. The summed E-state index contributed by atoms with van der Waals surface area (Å²) >= 11 is 0. The van der Waals surface area contributed by atoms with Crippen molar-refractivity contribution < 1.29 is 9.11 Å². The first-order valence-electron chi connectivity index (χ1n) is 9.22. The Kier molecular flexibility index (Phi) is 5.21. The predicted octanol–water partition coefficient (Wildman–Crippen LogP) is 4.21. The maximum atomic E-state index is 10.4. The number of hydrogen-bond donors (Lipinski definition) is 3. The van der Waals surface area contributed by atoms with Crippen LogP contribution in [0.4, 0.5) is 5.69 Å². The SMILES string of the molecule is CC1(C)CNS(O)(O)N1c1ccc(P(c2ccccc2)c2ccccc2)cc1. The van der Waals surface area contributed by atoms with E-state index in [4.69, 9.17) is 0 Å². The van der Waals surface area contributed by atoms with Crippen LogP contribution in [0.25, 0.3) is 0 Å². The molecule has 3 aromatic carbocycles. The minimum atomic E-state index is -3.00. The Morgan fingerprint density at radius 2 is 1.25 bits per heavy atom. The summed E-state index contributed by atoms with van der Waals surface area (Å²) in [6, 6.07) is 29.3. The zero-order valence-electron chi connectivity index (χ0n) is 16.0. The second kappa shape index (κ2) is 7.51. The van der Waals surface area contributed by atoms with Crippen LogP contribution in [-0.2, 0) is 0 Å². The molecule has 0 aromatic heterocycles. The molecule has 0 spiro atoms. The number of hydrogen-bond acceptors (Lipinski definition) is 4. The molecular formula is C22H25N2O2PS. The van der Waals surface area contributed by atoms with Crippen LogP contribution in [-0.4, -0.2) is 21.2 Å². The fourth-order valence-electron chi connectivity index (χ4n) is 3.59. The minimum Gasteiger partial charge on any atom is -0.269 e. The Bertz CT molecular complexity index is 878. The molecule has 0 amide bonds. The summed E-state index contributed by atoms with van der Waals surface area (Å²) in [5.41, 5.74) is 0.444. The summed E-state index contributed by atoms with van der Waals surface area (Å²) in [5.74, 6) is 0. The lowest BCUT2D eigenvalue weighted by atomic mass is 10.1. The average molecular weight is 412 g/mol. The van der Waals surface area contributed by atoms with E-state index in [1.807, 2.05) is 38.1 Å². The summed E-state index contributed by atoms with van der Waals surface area (Å²) < 4.78 is 25.4. The Morgan fingerprint density at radius 1 is 0.786 bits per heavy atom. The van der Waals surface area contributed by atoms with Crippen molar-refractivity contribution in [1.82, 2.24) is 4.72 Å². The van der Waals surface area contributed by atoms with E-state index in [1.165, 1.54) is 15.9 Å². The van der Waals surface area contributed by atoms with E-state index in [0.717, 1.165) is 5.69 Å². The highest BCUT2D eigenvalue weighted by atomic mass is 32.3. The normalized spacial score (nSPS) is 19.0. The highest BCUT2D eigenvalue weighted by Crippen LogP contribution is 2.52. The van der Waals surface area contributed by atoms with Gasteiger partial charge in [0.2, 0.25) is 0 Å². The molecule has 3 N–H and O–H groups in total. The molecular weight excluding hydrogens is 387 g/mol. The molecule has 1 heterocycles. The van der Waals surface area contributed by atoms with Gasteiger partial charge in [0.05, 0.1) is 11.2 Å². The molecule has 4 nitrogen and oxygen atoms in total. The third kappa shape index (κ3) is 3.69. The van der Waals surface area contributed by atoms with Crippen LogP contribution in [0.15, 0.2) is 84.9 Å². The first-order valence-corrected chi connectivity index (χ1v) is 12.1. The lowest BCUT2D eigenvalue weighted by molar-refractivity contribution is 0.476. The van der Waals surface area contributed by atoms with Gasteiger partial charge in [0.15, 0.2) is 0 Å². The van der Waals surface area contributed by atoms with Crippen molar-refractivity contribution >= 4 is 40.5 Å². The number of nitrogens with zero attached hydrogens (tertiary/aromatic N) is 1. The molecule has 0 saturated carbocycles. The van der Waals surface area contributed by atoms with E-state index in [1.54, 1.807) is 4.31 Å². The van der Waals surface area contributed by atoms with Gasteiger partial charge in [-0.1, -0.05) is 83.8 Å². The molecule has 0 radical (unpaired) electrons. The van der Waals surface area contributed by atoms with Gasteiger partial charge in [-0.05, 0) is 49.8 Å². The van der Waals surface area contributed by atoms with Crippen molar-refractivity contribution in [2.24, 2.45) is 0 Å². The molecule has 146 valence electrons. The summed E-state index contributed by atoms with van der Waals surface area (Å²) in [4.78, 5) is 0. The quantitative estimate of drug-likeness (QED) is 0.562. The first kappa shape index (κ1) is 19.4. The maximum Gasteiger partial charge on any atom is 0.0710 e. The van der Waals surface area contributed by atoms with Gasteiger partial charge in [-0.15, -0.1) is 0 Å². The van der Waals surface area contributed by atoms with Crippen molar-refractivity contribution in [3.63, 3.8) is 0 Å². The van der Waals surface area contributed by atoms with Crippen molar-refractivity contribution in [3.05, 3.63) is 84.9 Å². The zero-order valence-corrected chi connectivity index (χ0v) is 17.7. The van der Waals surface area contributed by atoms with Crippen LogP contribution in [0.2, 0.25) is 0 Å². The number of rotatable bonds is 4. The standard InChI is InChI=1S/C22H25N2O2PS/c1-22(2)17-23-28(25,26)24(22)18-13-15-21(16-14-18)27(19-9-5-3-6-10-19)20-11-7-4-8-12-20/h3-16,23,25-26H,17H2,1-2H3. The van der Waals surface area contributed by atoms with Gasteiger partial charge >= 0.3 is 0 Å². The van der Waals surface area contributed by atoms with Crippen molar-refractivity contribution in [3.8, 4) is 0 Å². The number of nitrogens with one attached hydrogen (secondary N) is 1. The molecule has 0 unspecified atom stereocenters. The van der Waals surface area contributed by atoms with Gasteiger partial charge in [0.1, 0.15) is 0 Å². The Morgan fingerprint density at radius 3 is 1.68 bits per heavy atom. The Hall–Kier alpha value is -1.88. The van der Waals surface area contributed by atoms with Crippen LogP contribution in [0.5, 0.6) is 0 Å². The summed E-state index contributed by atoms with van der Waals surface area (Å²) in [7, 11) is -3.67. The fourth-order valence-corrected chi connectivity index (χ4v) is 7.72. The fraction of sp³-hybridized carbons (Fsp3) is 0.182. The smallest absolute Gasteiger partial charge is 0.0710 e. The Balaban J connectivity index is 1.73. The van der Waals surface area contributed by atoms with Crippen LogP contribution >= 0.6 is 18.9 Å². The molecule has 1 aliphatic heterocycles. The van der Waals surface area contributed by atoms with Gasteiger partial charge in [-0.25, -0.2) is 0 Å². The topological polar surface area (TPSA) is 55.7 Å². The third-order valence-electron chi connectivity index (χ3n) is 4.87. The highest BCUT2D eigenvalue weighted by Gasteiger charge is 2.43. The van der Waals surface area contributed by atoms with Gasteiger partial charge in [0, 0.05) is 6.54 Å². The molecule has 3 aromatic rings. The second-order valence-electron chi connectivity index (χ2n) is 7.47. The molecule has 0 aliphatic carbocycles. The monoisotopic (exact) mass is 412 g/mol. The van der Waals surface area contributed by atoms with E-state index >= 15 is 0 Å². The summed E-state index contributed by atoms with van der Waals surface area (Å²) in [5, 5.41) is 3.82. The second-order valence-corrected chi connectivity index (χ2v) is 11.4. The summed E-state index contributed by atoms with van der Waals surface area (Å²) in [6.07, 6.45) is 0. The van der Waals surface area contributed by atoms with Crippen LogP contribution in [0, 0.1) is 0 Å². The predicted molar refractivity (Wildman–Crippen MR) is 123 cm³/mol. The van der Waals surface area contributed by atoms with Crippen molar-refractivity contribution in [2.45, 2.75) is 19.4 Å². The van der Waals surface area contributed by atoms with E-state index < -0.39 is 18.9 Å². The molecule has 6 heteroatoms. The van der Waals surface area contributed by atoms with Crippen LogP contribution in [0.1, 0.15) is 13.8 Å². The average Bonchev–Trinajstić information content (AvgIpc) is 2.92. The molecule has 1 saturated heterocycles. The van der Waals surface area contributed by atoms with Crippen molar-refractivity contribution in [2.75, 3.05) is 10.8 Å². The molecule has 28 heavy (non-hydrogen) atoms. The van der Waals surface area contributed by atoms with Crippen LogP contribution < -0.4 is 24.9 Å². The minimum absolute atomic E-state index is 0.371. The lowest BCUT2D eigenvalue weighted by Gasteiger charge is -2.43. The maximum absolute atomic E-state index is 10.4. The van der Waals surface area contributed by atoms with Gasteiger partial charge in [-0.2, -0.15) is 4.72 Å². The molecule has 1 fully saturated rings. The molecule has 0 bridgehead atoms. The van der Waals surface area contributed by atoms with Gasteiger partial charge in [0.25, 0.3) is 0 Å². The largest absolute Gasteiger partial charge is 0.269 e. The van der Waals surface area contributed by atoms with E-state index in [-0.39, 0.29) is 5.54 Å². The highest BCUT2D eigenvalue weighted by molar-refractivity contribution is 8.24.